The number of H-pyrrole nitrogens is 1. The van der Waals surface area contributed by atoms with Gasteiger partial charge in [0.25, 0.3) is 0 Å². The summed E-state index contributed by atoms with van der Waals surface area (Å²) in [4.78, 5) is 13.6. The average Bonchev–Trinajstić information content (AvgIpc) is 2.22. The first-order valence-corrected chi connectivity index (χ1v) is 4.41. The van der Waals surface area contributed by atoms with Crippen LogP contribution < -0.4 is 11.3 Å². The zero-order chi connectivity index (χ0) is 10.8. The SMILES string of the molecule is Nc1ccc(F)c(-c2cccc(=O)[nH]2)c1. The molecule has 0 aliphatic carbocycles. The maximum atomic E-state index is 13.4. The van der Waals surface area contributed by atoms with Gasteiger partial charge in [-0.05, 0) is 24.3 Å². The minimum atomic E-state index is -0.411. The molecule has 1 aromatic carbocycles. The summed E-state index contributed by atoms with van der Waals surface area (Å²) in [6.45, 7) is 0. The number of nitrogen functional groups attached to an aromatic ring is 1. The van der Waals surface area contributed by atoms with Crippen molar-refractivity contribution in [2.75, 3.05) is 5.73 Å². The summed E-state index contributed by atoms with van der Waals surface area (Å²) in [5.41, 5.74) is 6.45. The van der Waals surface area contributed by atoms with E-state index in [1.807, 2.05) is 0 Å². The van der Waals surface area contributed by atoms with Gasteiger partial charge in [-0.3, -0.25) is 4.79 Å². The van der Waals surface area contributed by atoms with Gasteiger partial charge >= 0.3 is 0 Å². The van der Waals surface area contributed by atoms with E-state index >= 15 is 0 Å². The Morgan fingerprint density at radius 1 is 1.20 bits per heavy atom. The van der Waals surface area contributed by atoms with Crippen molar-refractivity contribution < 1.29 is 4.39 Å². The van der Waals surface area contributed by atoms with E-state index in [1.54, 1.807) is 12.1 Å². The van der Waals surface area contributed by atoms with Crippen LogP contribution in [0, 0.1) is 5.82 Å². The number of benzene rings is 1. The van der Waals surface area contributed by atoms with Crippen LogP contribution in [0.3, 0.4) is 0 Å². The molecule has 0 unspecified atom stereocenters. The van der Waals surface area contributed by atoms with Crippen molar-refractivity contribution >= 4 is 5.69 Å². The lowest BCUT2D eigenvalue weighted by molar-refractivity contribution is 0.631. The summed E-state index contributed by atoms with van der Waals surface area (Å²) in [5, 5.41) is 0. The van der Waals surface area contributed by atoms with E-state index in [0.717, 1.165) is 0 Å². The van der Waals surface area contributed by atoms with Crippen molar-refractivity contribution in [2.24, 2.45) is 0 Å². The topological polar surface area (TPSA) is 58.9 Å². The zero-order valence-corrected chi connectivity index (χ0v) is 7.83. The van der Waals surface area contributed by atoms with Gasteiger partial charge in [-0.1, -0.05) is 6.07 Å². The Morgan fingerprint density at radius 2 is 2.00 bits per heavy atom. The number of hydrogen-bond acceptors (Lipinski definition) is 2. The minimum absolute atomic E-state index is 0.269. The van der Waals surface area contributed by atoms with Gasteiger partial charge < -0.3 is 10.7 Å². The first kappa shape index (κ1) is 9.45. The van der Waals surface area contributed by atoms with Gasteiger partial charge in [0.2, 0.25) is 5.56 Å². The maximum absolute atomic E-state index is 13.4. The molecule has 3 nitrogen and oxygen atoms in total. The van der Waals surface area contributed by atoms with Gasteiger partial charge in [0, 0.05) is 17.3 Å². The summed E-state index contributed by atoms with van der Waals surface area (Å²) < 4.78 is 13.4. The predicted molar refractivity (Wildman–Crippen MR) is 56.9 cm³/mol. The molecule has 15 heavy (non-hydrogen) atoms. The molecular formula is C11H9FN2O. The Kier molecular flexibility index (Phi) is 2.25. The van der Waals surface area contributed by atoms with E-state index < -0.39 is 5.82 Å². The lowest BCUT2D eigenvalue weighted by Crippen LogP contribution is -2.04. The monoisotopic (exact) mass is 204 g/mol. The number of anilines is 1. The lowest BCUT2D eigenvalue weighted by atomic mass is 10.1. The highest BCUT2D eigenvalue weighted by Crippen LogP contribution is 2.21. The number of nitrogens with two attached hydrogens (primary N) is 1. The molecule has 0 fully saturated rings. The molecule has 0 amide bonds. The molecule has 0 atom stereocenters. The van der Waals surface area contributed by atoms with Gasteiger partial charge in [0.1, 0.15) is 5.82 Å². The van der Waals surface area contributed by atoms with Crippen molar-refractivity contribution in [3.05, 3.63) is 52.6 Å². The van der Waals surface area contributed by atoms with E-state index in [1.165, 1.54) is 24.3 Å². The summed E-state index contributed by atoms with van der Waals surface area (Å²) >= 11 is 0. The zero-order valence-electron chi connectivity index (χ0n) is 7.83. The number of hydrogen-bond donors (Lipinski definition) is 2. The van der Waals surface area contributed by atoms with Gasteiger partial charge in [-0.15, -0.1) is 0 Å². The molecule has 0 saturated carbocycles. The van der Waals surface area contributed by atoms with Crippen LogP contribution in [-0.4, -0.2) is 4.98 Å². The Balaban J connectivity index is 2.63. The third-order valence-corrected chi connectivity index (χ3v) is 2.05. The van der Waals surface area contributed by atoms with Crippen molar-refractivity contribution in [1.29, 1.82) is 0 Å². The molecule has 0 bridgehead atoms. The molecule has 0 radical (unpaired) electrons. The molecular weight excluding hydrogens is 195 g/mol. The van der Waals surface area contributed by atoms with Crippen LogP contribution in [-0.2, 0) is 0 Å². The summed E-state index contributed by atoms with van der Waals surface area (Å²) in [7, 11) is 0. The van der Waals surface area contributed by atoms with Crippen LogP contribution in [0.2, 0.25) is 0 Å². The molecule has 3 N–H and O–H groups in total. The maximum Gasteiger partial charge on any atom is 0.248 e. The molecule has 0 aliphatic heterocycles. The van der Waals surface area contributed by atoms with Crippen molar-refractivity contribution in [1.82, 2.24) is 4.98 Å². The highest BCUT2D eigenvalue weighted by Gasteiger charge is 2.05. The van der Waals surface area contributed by atoms with E-state index in [0.29, 0.717) is 16.9 Å². The molecule has 0 aliphatic rings. The Hall–Kier alpha value is -2.10. The molecule has 76 valence electrons. The Labute approximate surface area is 85.4 Å². The van der Waals surface area contributed by atoms with Gasteiger partial charge in [-0.2, -0.15) is 0 Å². The lowest BCUT2D eigenvalue weighted by Gasteiger charge is -2.03. The van der Waals surface area contributed by atoms with E-state index in [4.69, 9.17) is 5.73 Å². The quantitative estimate of drug-likeness (QED) is 0.695. The smallest absolute Gasteiger partial charge is 0.248 e. The minimum Gasteiger partial charge on any atom is -0.399 e. The molecule has 4 heteroatoms. The largest absolute Gasteiger partial charge is 0.399 e. The molecule has 0 saturated heterocycles. The molecule has 1 aromatic heterocycles. The van der Waals surface area contributed by atoms with Crippen LogP contribution in [0.4, 0.5) is 10.1 Å². The highest BCUT2D eigenvalue weighted by atomic mass is 19.1. The third-order valence-electron chi connectivity index (χ3n) is 2.05. The molecule has 1 heterocycles. The average molecular weight is 204 g/mol. The standard InChI is InChI=1S/C11H9FN2O/c12-9-5-4-7(13)6-8(9)10-2-1-3-11(15)14-10/h1-6H,13H2,(H,14,15). The fraction of sp³-hybridized carbons (Fsp3) is 0. The summed E-state index contributed by atoms with van der Waals surface area (Å²) in [6, 6.07) is 8.79. The summed E-state index contributed by atoms with van der Waals surface area (Å²) in [5.74, 6) is -0.411. The third kappa shape index (κ3) is 1.88. The Bertz CT molecular complexity index is 548. The van der Waals surface area contributed by atoms with E-state index in [9.17, 15) is 9.18 Å². The molecule has 2 aromatic rings. The van der Waals surface area contributed by atoms with E-state index in [-0.39, 0.29) is 5.56 Å². The number of aromatic nitrogens is 1. The van der Waals surface area contributed by atoms with Crippen molar-refractivity contribution in [3.8, 4) is 11.3 Å². The Morgan fingerprint density at radius 3 is 2.73 bits per heavy atom. The van der Waals surface area contributed by atoms with Crippen molar-refractivity contribution in [2.45, 2.75) is 0 Å². The number of rotatable bonds is 1. The number of aromatic amines is 1. The second kappa shape index (κ2) is 3.57. The second-order valence-corrected chi connectivity index (χ2v) is 3.17. The number of halogens is 1. The van der Waals surface area contributed by atoms with Crippen LogP contribution in [0.5, 0.6) is 0 Å². The van der Waals surface area contributed by atoms with Crippen LogP contribution >= 0.6 is 0 Å². The first-order valence-electron chi connectivity index (χ1n) is 4.41. The fourth-order valence-corrected chi connectivity index (χ4v) is 1.35. The normalized spacial score (nSPS) is 10.2. The van der Waals surface area contributed by atoms with Crippen LogP contribution in [0.25, 0.3) is 11.3 Å². The van der Waals surface area contributed by atoms with Crippen LogP contribution in [0.15, 0.2) is 41.2 Å². The molecule has 0 spiro atoms. The second-order valence-electron chi connectivity index (χ2n) is 3.17. The van der Waals surface area contributed by atoms with Gasteiger partial charge in [0.05, 0.1) is 5.69 Å². The summed E-state index contributed by atoms with van der Waals surface area (Å²) in [6.07, 6.45) is 0. The number of pyridine rings is 1. The highest BCUT2D eigenvalue weighted by molar-refractivity contribution is 5.64. The van der Waals surface area contributed by atoms with Crippen molar-refractivity contribution in [3.63, 3.8) is 0 Å². The first-order chi connectivity index (χ1) is 7.16. The fourth-order valence-electron chi connectivity index (χ4n) is 1.35. The van der Waals surface area contributed by atoms with Crippen LogP contribution in [0.1, 0.15) is 0 Å². The molecule has 2 rings (SSSR count). The van der Waals surface area contributed by atoms with Gasteiger partial charge in [0.15, 0.2) is 0 Å². The predicted octanol–water partition coefficient (Wildman–Crippen LogP) is 1.76. The number of nitrogens with one attached hydrogen (secondary N) is 1. The van der Waals surface area contributed by atoms with E-state index in [2.05, 4.69) is 4.98 Å². The van der Waals surface area contributed by atoms with Gasteiger partial charge in [-0.25, -0.2) is 4.39 Å².